The predicted octanol–water partition coefficient (Wildman–Crippen LogP) is 4.36. The Morgan fingerprint density at radius 1 is 1.00 bits per heavy atom. The van der Waals surface area contributed by atoms with E-state index in [0.29, 0.717) is 23.6 Å². The summed E-state index contributed by atoms with van der Waals surface area (Å²) in [7, 11) is 0. The number of rotatable bonds is 9. The van der Waals surface area contributed by atoms with Gasteiger partial charge in [0.15, 0.2) is 6.61 Å². The standard InChI is InChI=1S/C27H28N2O5/c1-3-32-24-14-19-13-18(2)34-25(19)15-20(24)16-28-26(30)17-33-23-12-8-7-11-22(23)27(31)29-21-9-5-4-6-10-21/h4-12,14-15,18H,3,13,16-17H2,1-2H3,(H,28,30)(H,29,31). The zero-order chi connectivity index (χ0) is 23.9. The van der Waals surface area contributed by atoms with E-state index in [-0.39, 0.29) is 31.1 Å². The number of hydrogen-bond acceptors (Lipinski definition) is 5. The maximum Gasteiger partial charge on any atom is 0.259 e. The lowest BCUT2D eigenvalue weighted by atomic mass is 10.1. The first kappa shape index (κ1) is 23.2. The van der Waals surface area contributed by atoms with Crippen molar-refractivity contribution in [1.29, 1.82) is 0 Å². The second-order valence-corrected chi connectivity index (χ2v) is 8.01. The van der Waals surface area contributed by atoms with Crippen molar-refractivity contribution in [3.63, 3.8) is 0 Å². The Morgan fingerprint density at radius 3 is 2.56 bits per heavy atom. The van der Waals surface area contributed by atoms with Gasteiger partial charge in [0.05, 0.1) is 12.2 Å². The number of carbonyl (C=O) groups is 2. The molecule has 0 bridgehead atoms. The van der Waals surface area contributed by atoms with Gasteiger partial charge in [-0.15, -0.1) is 0 Å². The number of hydrogen-bond donors (Lipinski definition) is 2. The van der Waals surface area contributed by atoms with Crippen molar-refractivity contribution in [2.24, 2.45) is 0 Å². The molecule has 1 atom stereocenters. The minimum Gasteiger partial charge on any atom is -0.494 e. The van der Waals surface area contributed by atoms with Crippen LogP contribution in [0.1, 0.15) is 35.3 Å². The average Bonchev–Trinajstić information content (AvgIpc) is 3.21. The molecule has 0 aromatic heterocycles. The Kier molecular flexibility index (Phi) is 7.32. The quantitative estimate of drug-likeness (QED) is 0.496. The largest absolute Gasteiger partial charge is 0.494 e. The second kappa shape index (κ2) is 10.7. The number of anilines is 1. The van der Waals surface area contributed by atoms with E-state index >= 15 is 0 Å². The molecule has 4 rings (SSSR count). The van der Waals surface area contributed by atoms with Crippen molar-refractivity contribution in [3.05, 3.63) is 83.4 Å². The third-order valence-corrected chi connectivity index (χ3v) is 5.38. The molecule has 7 nitrogen and oxygen atoms in total. The molecule has 0 fully saturated rings. The summed E-state index contributed by atoms with van der Waals surface area (Å²) in [6.07, 6.45) is 0.967. The minimum atomic E-state index is -0.310. The summed E-state index contributed by atoms with van der Waals surface area (Å²) in [6.45, 7) is 4.53. The first-order valence-corrected chi connectivity index (χ1v) is 11.3. The molecule has 0 radical (unpaired) electrons. The molecule has 0 saturated carbocycles. The predicted molar refractivity (Wildman–Crippen MR) is 130 cm³/mol. The maximum atomic E-state index is 12.7. The second-order valence-electron chi connectivity index (χ2n) is 8.01. The van der Waals surface area contributed by atoms with Crippen molar-refractivity contribution in [3.8, 4) is 17.2 Å². The summed E-state index contributed by atoms with van der Waals surface area (Å²) in [6, 6.07) is 19.9. The van der Waals surface area contributed by atoms with Gasteiger partial charge in [-0.1, -0.05) is 30.3 Å². The van der Waals surface area contributed by atoms with Crippen molar-refractivity contribution in [1.82, 2.24) is 5.32 Å². The third kappa shape index (κ3) is 5.67. The summed E-state index contributed by atoms with van der Waals surface area (Å²) in [5.74, 6) is 1.28. The molecule has 1 unspecified atom stereocenters. The van der Waals surface area contributed by atoms with Gasteiger partial charge in [0.1, 0.15) is 23.4 Å². The third-order valence-electron chi connectivity index (χ3n) is 5.38. The number of ether oxygens (including phenoxy) is 3. The highest BCUT2D eigenvalue weighted by atomic mass is 16.5. The van der Waals surface area contributed by atoms with E-state index in [9.17, 15) is 9.59 Å². The smallest absolute Gasteiger partial charge is 0.259 e. The van der Waals surface area contributed by atoms with Gasteiger partial charge in [0.25, 0.3) is 11.8 Å². The molecule has 2 N–H and O–H groups in total. The summed E-state index contributed by atoms with van der Waals surface area (Å²) >= 11 is 0. The van der Waals surface area contributed by atoms with Crippen molar-refractivity contribution in [2.75, 3.05) is 18.5 Å². The van der Waals surface area contributed by atoms with E-state index in [1.807, 2.05) is 44.2 Å². The summed E-state index contributed by atoms with van der Waals surface area (Å²) < 4.78 is 17.3. The number of benzene rings is 3. The summed E-state index contributed by atoms with van der Waals surface area (Å²) in [4.78, 5) is 25.2. The van der Waals surface area contributed by atoms with Gasteiger partial charge < -0.3 is 24.8 Å². The van der Waals surface area contributed by atoms with Crippen molar-refractivity contribution in [2.45, 2.75) is 32.9 Å². The first-order valence-electron chi connectivity index (χ1n) is 11.3. The van der Waals surface area contributed by atoms with Crippen LogP contribution in [0.5, 0.6) is 17.2 Å². The number of amides is 2. The van der Waals surface area contributed by atoms with Crippen molar-refractivity contribution < 1.29 is 23.8 Å². The van der Waals surface area contributed by atoms with Gasteiger partial charge in [0, 0.05) is 29.8 Å². The van der Waals surface area contributed by atoms with Crippen LogP contribution in [-0.4, -0.2) is 31.1 Å². The molecule has 176 valence electrons. The Balaban J connectivity index is 1.36. The van der Waals surface area contributed by atoms with E-state index in [0.717, 1.165) is 29.0 Å². The molecule has 1 heterocycles. The number of carbonyl (C=O) groups excluding carboxylic acids is 2. The van der Waals surface area contributed by atoms with Crippen LogP contribution in [0.15, 0.2) is 66.7 Å². The van der Waals surface area contributed by atoms with Crippen LogP contribution in [0.2, 0.25) is 0 Å². The van der Waals surface area contributed by atoms with E-state index in [2.05, 4.69) is 10.6 Å². The monoisotopic (exact) mass is 460 g/mol. The Labute approximate surface area is 199 Å². The SMILES string of the molecule is CCOc1cc2c(cc1CNC(=O)COc1ccccc1C(=O)Nc1ccccc1)OC(C)C2. The molecule has 34 heavy (non-hydrogen) atoms. The molecule has 3 aromatic carbocycles. The van der Waals surface area contributed by atoms with Gasteiger partial charge in [-0.05, 0) is 50.2 Å². The Morgan fingerprint density at radius 2 is 1.76 bits per heavy atom. The fraction of sp³-hybridized carbons (Fsp3) is 0.259. The number of nitrogens with one attached hydrogen (secondary N) is 2. The van der Waals surface area contributed by atoms with E-state index < -0.39 is 0 Å². The fourth-order valence-electron chi connectivity index (χ4n) is 3.80. The Bertz CT molecular complexity index is 1160. The zero-order valence-corrected chi connectivity index (χ0v) is 19.3. The van der Waals surface area contributed by atoms with Crippen LogP contribution in [0.3, 0.4) is 0 Å². The molecule has 3 aromatic rings. The van der Waals surface area contributed by atoms with Crippen LogP contribution in [0.25, 0.3) is 0 Å². The van der Waals surface area contributed by atoms with Gasteiger partial charge >= 0.3 is 0 Å². The molecular formula is C27H28N2O5. The first-order chi connectivity index (χ1) is 16.5. The summed E-state index contributed by atoms with van der Waals surface area (Å²) in [5.41, 5.74) is 2.98. The molecular weight excluding hydrogens is 432 g/mol. The zero-order valence-electron chi connectivity index (χ0n) is 19.3. The van der Waals surface area contributed by atoms with E-state index in [1.54, 1.807) is 36.4 Å². The van der Waals surface area contributed by atoms with Gasteiger partial charge in [-0.3, -0.25) is 9.59 Å². The lowest BCUT2D eigenvalue weighted by Crippen LogP contribution is -2.29. The van der Waals surface area contributed by atoms with Gasteiger partial charge in [-0.25, -0.2) is 0 Å². The van der Waals surface area contributed by atoms with Crippen LogP contribution < -0.4 is 24.8 Å². The summed E-state index contributed by atoms with van der Waals surface area (Å²) in [5, 5.41) is 5.69. The van der Waals surface area contributed by atoms with Gasteiger partial charge in [0.2, 0.25) is 0 Å². The van der Waals surface area contributed by atoms with Gasteiger partial charge in [-0.2, -0.15) is 0 Å². The highest BCUT2D eigenvalue weighted by Crippen LogP contribution is 2.35. The topological polar surface area (TPSA) is 85.9 Å². The molecule has 2 amide bonds. The van der Waals surface area contributed by atoms with E-state index in [1.165, 1.54) is 0 Å². The fourth-order valence-corrected chi connectivity index (χ4v) is 3.80. The average molecular weight is 461 g/mol. The highest BCUT2D eigenvalue weighted by Gasteiger charge is 2.22. The number of fused-ring (bicyclic) bond motifs is 1. The Hall–Kier alpha value is -4.00. The van der Waals surface area contributed by atoms with Crippen LogP contribution in [0.4, 0.5) is 5.69 Å². The normalized spacial score (nSPS) is 14.0. The lowest BCUT2D eigenvalue weighted by molar-refractivity contribution is -0.123. The molecule has 0 spiro atoms. The molecule has 1 aliphatic heterocycles. The minimum absolute atomic E-state index is 0.127. The molecule has 7 heteroatoms. The lowest BCUT2D eigenvalue weighted by Gasteiger charge is -2.14. The van der Waals surface area contributed by atoms with Crippen LogP contribution in [0, 0.1) is 0 Å². The van der Waals surface area contributed by atoms with Crippen molar-refractivity contribution >= 4 is 17.5 Å². The molecule has 0 saturated heterocycles. The van der Waals surface area contributed by atoms with E-state index in [4.69, 9.17) is 14.2 Å². The maximum absolute atomic E-state index is 12.7. The highest BCUT2D eigenvalue weighted by molar-refractivity contribution is 6.06. The molecule has 0 aliphatic carbocycles. The van der Waals surface area contributed by atoms with Crippen LogP contribution in [-0.2, 0) is 17.8 Å². The molecule has 1 aliphatic rings. The van der Waals surface area contributed by atoms with Crippen LogP contribution >= 0.6 is 0 Å². The number of para-hydroxylation sites is 2.